The Balaban J connectivity index is 1.68. The summed E-state index contributed by atoms with van der Waals surface area (Å²) >= 11 is 1.30. The molecule has 2 aromatic rings. The zero-order valence-corrected chi connectivity index (χ0v) is 13.7. The van der Waals surface area contributed by atoms with Gasteiger partial charge < -0.3 is 10.2 Å². The lowest BCUT2D eigenvalue weighted by Gasteiger charge is -2.33. The second kappa shape index (κ2) is 6.87. The molecule has 1 aromatic heterocycles. The number of likely N-dealkylation sites (tertiary alicyclic amines) is 1. The smallest absolute Gasteiger partial charge is 0.247 e. The summed E-state index contributed by atoms with van der Waals surface area (Å²) in [6.45, 7) is 2.17. The average Bonchev–Trinajstić information content (AvgIpc) is 3.10. The molecule has 3 rings (SSSR count). The first-order chi connectivity index (χ1) is 11.1. The summed E-state index contributed by atoms with van der Waals surface area (Å²) in [7, 11) is 0. The second-order valence-corrected chi connectivity index (χ2v) is 6.19. The Kier molecular flexibility index (Phi) is 4.66. The number of rotatable bonds is 3. The van der Waals surface area contributed by atoms with E-state index < -0.39 is 0 Å². The van der Waals surface area contributed by atoms with Crippen molar-refractivity contribution in [3.05, 3.63) is 29.6 Å². The molecule has 1 aliphatic rings. The van der Waals surface area contributed by atoms with Gasteiger partial charge in [0, 0.05) is 30.1 Å². The fourth-order valence-electron chi connectivity index (χ4n) is 2.82. The van der Waals surface area contributed by atoms with Gasteiger partial charge in [0.2, 0.25) is 11.8 Å². The third kappa shape index (κ3) is 3.56. The molecule has 2 heterocycles. The molecule has 1 N–H and O–H groups in total. The number of hydrogen-bond donors (Lipinski definition) is 1. The molecule has 1 atom stereocenters. The molecule has 0 radical (unpaired) electrons. The fourth-order valence-corrected chi connectivity index (χ4v) is 3.29. The highest BCUT2D eigenvalue weighted by Gasteiger charge is 2.30. The number of nitrogens with zero attached hydrogens (tertiary/aromatic N) is 3. The first kappa shape index (κ1) is 15.6. The minimum absolute atomic E-state index is 0.0452. The summed E-state index contributed by atoms with van der Waals surface area (Å²) in [5.41, 5.74) is 2.50. The van der Waals surface area contributed by atoms with E-state index in [2.05, 4.69) is 14.9 Å². The van der Waals surface area contributed by atoms with Gasteiger partial charge in [-0.1, -0.05) is 16.6 Å². The van der Waals surface area contributed by atoms with Gasteiger partial charge in [0.05, 0.1) is 0 Å². The van der Waals surface area contributed by atoms with Crippen LogP contribution in [0.5, 0.6) is 0 Å². The molecule has 1 unspecified atom stereocenters. The standard InChI is InChI=1S/C16H18N4O2S/c1-11(21)20-9-3-2-4-15(20)16(22)17-13-7-5-12(6-8-13)14-10-23-19-18-14/h5-8,10,15H,2-4,9H2,1H3,(H,17,22). The number of nitrogens with one attached hydrogen (secondary N) is 1. The van der Waals surface area contributed by atoms with Crippen molar-refractivity contribution in [1.82, 2.24) is 14.5 Å². The maximum absolute atomic E-state index is 12.5. The molecule has 0 bridgehead atoms. The maximum atomic E-state index is 12.5. The molecule has 0 saturated carbocycles. The van der Waals surface area contributed by atoms with Crippen molar-refractivity contribution in [3.8, 4) is 11.3 Å². The van der Waals surface area contributed by atoms with Gasteiger partial charge >= 0.3 is 0 Å². The lowest BCUT2D eigenvalue weighted by atomic mass is 10.0. The van der Waals surface area contributed by atoms with Crippen LogP contribution in [0.2, 0.25) is 0 Å². The van der Waals surface area contributed by atoms with Gasteiger partial charge in [0.25, 0.3) is 0 Å². The third-order valence-corrected chi connectivity index (χ3v) is 4.52. The van der Waals surface area contributed by atoms with E-state index in [9.17, 15) is 9.59 Å². The van der Waals surface area contributed by atoms with Crippen LogP contribution in [0.4, 0.5) is 5.69 Å². The van der Waals surface area contributed by atoms with Gasteiger partial charge in [-0.15, -0.1) is 5.10 Å². The molecule has 2 amide bonds. The Hall–Kier alpha value is -2.28. The summed E-state index contributed by atoms with van der Waals surface area (Å²) in [5.74, 6) is -0.167. The summed E-state index contributed by atoms with van der Waals surface area (Å²) in [6, 6.07) is 7.11. The van der Waals surface area contributed by atoms with Gasteiger partial charge in [-0.2, -0.15) is 0 Å². The molecule has 7 heteroatoms. The number of amides is 2. The van der Waals surface area contributed by atoms with Crippen LogP contribution in [-0.2, 0) is 9.59 Å². The first-order valence-corrected chi connectivity index (χ1v) is 8.44. The Morgan fingerprint density at radius 2 is 2.04 bits per heavy atom. The van der Waals surface area contributed by atoms with Gasteiger partial charge in [0.1, 0.15) is 11.7 Å². The highest BCUT2D eigenvalue weighted by Crippen LogP contribution is 2.22. The highest BCUT2D eigenvalue weighted by molar-refractivity contribution is 7.03. The van der Waals surface area contributed by atoms with Gasteiger partial charge in [0.15, 0.2) is 0 Å². The lowest BCUT2D eigenvalue weighted by Crippen LogP contribution is -2.49. The van der Waals surface area contributed by atoms with Crippen molar-refractivity contribution < 1.29 is 9.59 Å². The average molecular weight is 330 g/mol. The van der Waals surface area contributed by atoms with E-state index in [1.54, 1.807) is 4.90 Å². The van der Waals surface area contributed by atoms with Crippen LogP contribution in [0.3, 0.4) is 0 Å². The first-order valence-electron chi connectivity index (χ1n) is 7.61. The van der Waals surface area contributed by atoms with E-state index in [0.717, 1.165) is 29.8 Å². The van der Waals surface area contributed by atoms with E-state index in [1.165, 1.54) is 18.5 Å². The van der Waals surface area contributed by atoms with Crippen LogP contribution < -0.4 is 5.32 Å². The predicted octanol–water partition coefficient (Wildman–Crippen LogP) is 2.54. The zero-order valence-electron chi connectivity index (χ0n) is 12.9. The van der Waals surface area contributed by atoms with E-state index in [-0.39, 0.29) is 17.9 Å². The molecular weight excluding hydrogens is 312 g/mol. The van der Waals surface area contributed by atoms with Crippen LogP contribution in [0.25, 0.3) is 11.3 Å². The lowest BCUT2D eigenvalue weighted by molar-refractivity contribution is -0.138. The van der Waals surface area contributed by atoms with E-state index in [4.69, 9.17) is 0 Å². The minimum Gasteiger partial charge on any atom is -0.331 e. The molecule has 0 spiro atoms. The van der Waals surface area contributed by atoms with Crippen molar-refractivity contribution >= 4 is 29.0 Å². The third-order valence-electron chi connectivity index (χ3n) is 4.02. The Labute approximate surface area is 138 Å². The molecular formula is C16H18N4O2S. The largest absolute Gasteiger partial charge is 0.331 e. The minimum atomic E-state index is -0.372. The monoisotopic (exact) mass is 330 g/mol. The van der Waals surface area contributed by atoms with Gasteiger partial charge in [-0.3, -0.25) is 9.59 Å². The number of carbonyl (C=O) groups is 2. The van der Waals surface area contributed by atoms with E-state index in [0.29, 0.717) is 13.0 Å². The summed E-state index contributed by atoms with van der Waals surface area (Å²) < 4.78 is 3.84. The zero-order chi connectivity index (χ0) is 16.2. The summed E-state index contributed by atoms with van der Waals surface area (Å²) in [4.78, 5) is 25.8. The SMILES string of the molecule is CC(=O)N1CCCCC1C(=O)Nc1ccc(-c2csnn2)cc1. The quantitative estimate of drug-likeness (QED) is 0.938. The van der Waals surface area contributed by atoms with Gasteiger partial charge in [-0.25, -0.2) is 0 Å². The number of aromatic nitrogens is 2. The Morgan fingerprint density at radius 3 is 2.70 bits per heavy atom. The Bertz CT molecular complexity index is 685. The normalized spacial score (nSPS) is 17.8. The van der Waals surface area contributed by atoms with E-state index in [1.807, 2.05) is 29.6 Å². The molecule has 1 aromatic carbocycles. The van der Waals surface area contributed by atoms with Crippen LogP contribution in [0, 0.1) is 0 Å². The van der Waals surface area contributed by atoms with Crippen LogP contribution >= 0.6 is 11.5 Å². The van der Waals surface area contributed by atoms with Crippen molar-refractivity contribution in [2.75, 3.05) is 11.9 Å². The molecule has 6 nitrogen and oxygen atoms in total. The maximum Gasteiger partial charge on any atom is 0.247 e. The van der Waals surface area contributed by atoms with Gasteiger partial charge in [-0.05, 0) is 42.9 Å². The number of benzene rings is 1. The molecule has 120 valence electrons. The highest BCUT2D eigenvalue weighted by atomic mass is 32.1. The summed E-state index contributed by atoms with van der Waals surface area (Å²) in [6.07, 6.45) is 2.64. The van der Waals surface area contributed by atoms with Crippen molar-refractivity contribution in [2.45, 2.75) is 32.2 Å². The van der Waals surface area contributed by atoms with Crippen molar-refractivity contribution in [3.63, 3.8) is 0 Å². The van der Waals surface area contributed by atoms with Crippen LogP contribution in [0.15, 0.2) is 29.6 Å². The van der Waals surface area contributed by atoms with E-state index >= 15 is 0 Å². The molecule has 23 heavy (non-hydrogen) atoms. The summed E-state index contributed by atoms with van der Waals surface area (Å²) in [5, 5.41) is 8.79. The topological polar surface area (TPSA) is 75.2 Å². The molecule has 1 fully saturated rings. The predicted molar refractivity (Wildman–Crippen MR) is 89.0 cm³/mol. The molecule has 1 aliphatic heterocycles. The van der Waals surface area contributed by atoms with Crippen LogP contribution in [0.1, 0.15) is 26.2 Å². The van der Waals surface area contributed by atoms with Crippen molar-refractivity contribution in [1.29, 1.82) is 0 Å². The van der Waals surface area contributed by atoms with Crippen molar-refractivity contribution in [2.24, 2.45) is 0 Å². The molecule has 0 aliphatic carbocycles. The number of hydrogen-bond acceptors (Lipinski definition) is 5. The number of piperidine rings is 1. The number of anilines is 1. The second-order valence-electron chi connectivity index (χ2n) is 5.58. The fraction of sp³-hybridized carbons (Fsp3) is 0.375. The molecule has 1 saturated heterocycles. The number of carbonyl (C=O) groups excluding carboxylic acids is 2. The van der Waals surface area contributed by atoms with Crippen LogP contribution in [-0.4, -0.2) is 38.9 Å². The Morgan fingerprint density at radius 1 is 1.26 bits per heavy atom.